The number of pyridine rings is 1. The quantitative estimate of drug-likeness (QED) is 0.770. The van der Waals surface area contributed by atoms with Crippen LogP contribution in [0.15, 0.2) is 40.6 Å². The van der Waals surface area contributed by atoms with Gasteiger partial charge in [-0.25, -0.2) is 9.78 Å². The topological polar surface area (TPSA) is 71.7 Å². The molecule has 0 aliphatic heterocycles. The third-order valence-corrected chi connectivity index (χ3v) is 4.48. The summed E-state index contributed by atoms with van der Waals surface area (Å²) in [6, 6.07) is 6.97. The van der Waals surface area contributed by atoms with Crippen LogP contribution in [0.2, 0.25) is 0 Å². The molecule has 3 heterocycles. The monoisotopic (exact) mass is 340 g/mol. The number of aromatic nitrogens is 2. The van der Waals surface area contributed by atoms with E-state index in [4.69, 9.17) is 5.11 Å². The van der Waals surface area contributed by atoms with Crippen LogP contribution in [0, 0.1) is 0 Å². The Morgan fingerprint density at radius 1 is 1.33 bits per heavy atom. The van der Waals surface area contributed by atoms with Gasteiger partial charge in [-0.2, -0.15) is 0 Å². The summed E-state index contributed by atoms with van der Waals surface area (Å²) in [6.45, 7) is 1.99. The third kappa shape index (κ3) is 3.14. The van der Waals surface area contributed by atoms with Crippen LogP contribution in [-0.2, 0) is 6.42 Å². The van der Waals surface area contributed by atoms with Crippen molar-refractivity contribution in [3.63, 3.8) is 0 Å². The molecule has 0 aliphatic rings. The molecule has 0 bridgehead atoms. The maximum atomic E-state index is 12.8. The molecule has 0 fully saturated rings. The Labute approximate surface area is 142 Å². The van der Waals surface area contributed by atoms with Crippen molar-refractivity contribution >= 4 is 35.1 Å². The van der Waals surface area contributed by atoms with E-state index in [1.165, 1.54) is 16.7 Å². The molecule has 3 rings (SSSR count). The lowest BCUT2D eigenvalue weighted by atomic mass is 10.1. The van der Waals surface area contributed by atoms with Crippen molar-refractivity contribution < 1.29 is 9.90 Å². The highest BCUT2D eigenvalue weighted by Gasteiger charge is 2.12. The minimum absolute atomic E-state index is 0.0655. The number of carboxylic acids is 1. The van der Waals surface area contributed by atoms with Crippen molar-refractivity contribution in [3.8, 4) is 0 Å². The van der Waals surface area contributed by atoms with E-state index < -0.39 is 5.97 Å². The van der Waals surface area contributed by atoms with Gasteiger partial charge in [0.05, 0.1) is 11.3 Å². The molecule has 1 N–H and O–H groups in total. The Bertz CT molecular complexity index is 972. The van der Waals surface area contributed by atoms with Crippen LogP contribution in [0.4, 0.5) is 0 Å². The molecule has 3 aromatic rings. The first-order valence-corrected chi connectivity index (χ1v) is 8.48. The second-order valence-electron chi connectivity index (χ2n) is 5.33. The first kappa shape index (κ1) is 16.1. The lowest BCUT2D eigenvalue weighted by Crippen LogP contribution is -2.22. The largest absolute Gasteiger partial charge is 0.478 e. The van der Waals surface area contributed by atoms with Gasteiger partial charge in [-0.1, -0.05) is 19.4 Å². The Morgan fingerprint density at radius 3 is 2.83 bits per heavy atom. The molecule has 0 aromatic carbocycles. The minimum Gasteiger partial charge on any atom is -0.478 e. The fraction of sp³-hybridized carbons (Fsp3) is 0.167. The molecule has 3 aromatic heterocycles. The zero-order chi connectivity index (χ0) is 17.1. The van der Waals surface area contributed by atoms with E-state index in [0.29, 0.717) is 23.3 Å². The summed E-state index contributed by atoms with van der Waals surface area (Å²) in [7, 11) is 0. The van der Waals surface area contributed by atoms with Crippen LogP contribution >= 0.6 is 11.3 Å². The van der Waals surface area contributed by atoms with Crippen LogP contribution in [0.5, 0.6) is 0 Å². The van der Waals surface area contributed by atoms with Gasteiger partial charge in [0, 0.05) is 16.6 Å². The van der Waals surface area contributed by atoms with Crippen LogP contribution in [0.1, 0.15) is 39.8 Å². The summed E-state index contributed by atoms with van der Waals surface area (Å²) in [5.74, 6) is -1.07. The third-order valence-electron chi connectivity index (χ3n) is 3.64. The number of carbonyl (C=O) groups is 1. The van der Waals surface area contributed by atoms with E-state index in [2.05, 4.69) is 4.98 Å². The average Bonchev–Trinajstić information content (AvgIpc) is 3.09. The summed E-state index contributed by atoms with van der Waals surface area (Å²) in [6.07, 6.45) is 6.52. The van der Waals surface area contributed by atoms with E-state index in [9.17, 15) is 9.59 Å². The second kappa shape index (κ2) is 6.80. The fourth-order valence-electron chi connectivity index (χ4n) is 2.49. The van der Waals surface area contributed by atoms with Crippen LogP contribution in [0.3, 0.4) is 0 Å². The van der Waals surface area contributed by atoms with Gasteiger partial charge < -0.3 is 5.11 Å². The van der Waals surface area contributed by atoms with Crippen molar-refractivity contribution in [2.24, 2.45) is 0 Å². The molecular weight excluding hydrogens is 324 g/mol. The average molecular weight is 340 g/mol. The first-order valence-electron chi connectivity index (χ1n) is 7.60. The van der Waals surface area contributed by atoms with E-state index in [0.717, 1.165) is 11.3 Å². The summed E-state index contributed by atoms with van der Waals surface area (Å²) in [4.78, 5) is 29.5. The molecule has 6 heteroatoms. The van der Waals surface area contributed by atoms with Crippen molar-refractivity contribution in [1.82, 2.24) is 9.38 Å². The molecule has 0 saturated heterocycles. The Morgan fingerprint density at radius 2 is 2.17 bits per heavy atom. The maximum Gasteiger partial charge on any atom is 0.337 e. The zero-order valence-corrected chi connectivity index (χ0v) is 13.9. The van der Waals surface area contributed by atoms with Crippen molar-refractivity contribution in [2.75, 3.05) is 0 Å². The summed E-state index contributed by atoms with van der Waals surface area (Å²) in [5, 5.41) is 11.1. The summed E-state index contributed by atoms with van der Waals surface area (Å²) < 4.78 is 1.32. The van der Waals surface area contributed by atoms with E-state index in [-0.39, 0.29) is 11.1 Å². The lowest BCUT2D eigenvalue weighted by molar-refractivity contribution is 0.0696. The standard InChI is InChI=1S/C18H16N2O3S/c1-2-4-14-15(8-7-13-5-3-10-24-13)19-16-9-6-12(18(22)23)11-20(16)17(14)21/h3,5-11H,2,4H2,1H3,(H,22,23). The Hall–Kier alpha value is -2.73. The van der Waals surface area contributed by atoms with Gasteiger partial charge in [0.1, 0.15) is 5.65 Å². The maximum absolute atomic E-state index is 12.8. The number of hydrogen-bond acceptors (Lipinski definition) is 4. The van der Waals surface area contributed by atoms with E-state index in [1.54, 1.807) is 17.4 Å². The number of aromatic carboxylic acids is 1. The second-order valence-corrected chi connectivity index (χ2v) is 6.31. The zero-order valence-electron chi connectivity index (χ0n) is 13.1. The molecule has 0 unspecified atom stereocenters. The molecular formula is C18H16N2O3S. The van der Waals surface area contributed by atoms with E-state index >= 15 is 0 Å². The van der Waals surface area contributed by atoms with Gasteiger partial charge in [0.25, 0.3) is 5.56 Å². The predicted molar refractivity (Wildman–Crippen MR) is 95.7 cm³/mol. The normalized spacial score (nSPS) is 11.4. The molecule has 0 atom stereocenters. The molecule has 0 spiro atoms. The number of carboxylic acid groups (broad SMARTS) is 1. The highest BCUT2D eigenvalue weighted by molar-refractivity contribution is 7.10. The van der Waals surface area contributed by atoms with Gasteiger partial charge in [-0.05, 0) is 42.2 Å². The highest BCUT2D eigenvalue weighted by atomic mass is 32.1. The van der Waals surface area contributed by atoms with Crippen LogP contribution < -0.4 is 5.56 Å². The van der Waals surface area contributed by atoms with Crippen LogP contribution in [0.25, 0.3) is 17.8 Å². The molecule has 5 nitrogen and oxygen atoms in total. The number of fused-ring (bicyclic) bond motifs is 1. The molecule has 0 radical (unpaired) electrons. The predicted octanol–water partition coefficient (Wildman–Crippen LogP) is 3.58. The number of nitrogens with zero attached hydrogens (tertiary/aromatic N) is 2. The van der Waals surface area contributed by atoms with Gasteiger partial charge in [-0.15, -0.1) is 11.3 Å². The van der Waals surface area contributed by atoms with Crippen LogP contribution in [-0.4, -0.2) is 20.5 Å². The molecule has 0 amide bonds. The van der Waals surface area contributed by atoms with Gasteiger partial charge >= 0.3 is 5.97 Å². The summed E-state index contributed by atoms with van der Waals surface area (Å²) >= 11 is 1.61. The van der Waals surface area contributed by atoms with Gasteiger partial charge in [0.2, 0.25) is 0 Å². The van der Waals surface area contributed by atoms with Crippen molar-refractivity contribution in [1.29, 1.82) is 0 Å². The molecule has 0 saturated carbocycles. The lowest BCUT2D eigenvalue weighted by Gasteiger charge is -2.08. The molecule has 122 valence electrons. The summed E-state index contributed by atoms with van der Waals surface area (Å²) in [5.41, 5.74) is 1.53. The molecule has 0 aliphatic carbocycles. The molecule has 24 heavy (non-hydrogen) atoms. The van der Waals surface area contributed by atoms with Crippen molar-refractivity contribution in [2.45, 2.75) is 19.8 Å². The Balaban J connectivity index is 2.18. The SMILES string of the molecule is CCCc1c(C=Cc2cccs2)nc2ccc(C(=O)O)cn2c1=O. The Kier molecular flexibility index (Phi) is 4.57. The highest BCUT2D eigenvalue weighted by Crippen LogP contribution is 2.15. The van der Waals surface area contributed by atoms with Gasteiger partial charge in [-0.3, -0.25) is 9.20 Å². The number of hydrogen-bond donors (Lipinski definition) is 1. The van der Waals surface area contributed by atoms with Crippen molar-refractivity contribution in [3.05, 3.63) is 67.9 Å². The fourth-order valence-corrected chi connectivity index (χ4v) is 3.11. The number of thiophene rings is 1. The number of rotatable bonds is 5. The van der Waals surface area contributed by atoms with Gasteiger partial charge in [0.15, 0.2) is 0 Å². The van der Waals surface area contributed by atoms with E-state index in [1.807, 2.05) is 36.6 Å². The minimum atomic E-state index is -1.07. The first-order chi connectivity index (χ1) is 11.6. The smallest absolute Gasteiger partial charge is 0.337 e.